The van der Waals surface area contributed by atoms with E-state index in [1.807, 2.05) is 0 Å². The van der Waals surface area contributed by atoms with Crippen molar-refractivity contribution >= 4 is 27.3 Å². The Morgan fingerprint density at radius 2 is 2.00 bits per heavy atom. The van der Waals surface area contributed by atoms with E-state index in [2.05, 4.69) is 9.71 Å². The van der Waals surface area contributed by atoms with Gasteiger partial charge in [0.25, 0.3) is 10.0 Å². The first kappa shape index (κ1) is 13.8. The van der Waals surface area contributed by atoms with Gasteiger partial charge in [-0.2, -0.15) is 0 Å². The number of rotatable bonds is 3. The van der Waals surface area contributed by atoms with Crippen LogP contribution in [0.3, 0.4) is 0 Å². The number of hydrogen-bond acceptors (Lipinski definition) is 3. The molecule has 0 atom stereocenters. The Morgan fingerprint density at radius 1 is 1.26 bits per heavy atom. The minimum atomic E-state index is -3.99. The van der Waals surface area contributed by atoms with Crippen LogP contribution < -0.4 is 4.72 Å². The van der Waals surface area contributed by atoms with Gasteiger partial charge in [-0.3, -0.25) is 4.72 Å². The van der Waals surface area contributed by atoms with Gasteiger partial charge in [0.15, 0.2) is 0 Å². The number of sulfonamides is 1. The van der Waals surface area contributed by atoms with Crippen molar-refractivity contribution in [2.75, 3.05) is 4.72 Å². The Hall–Kier alpha value is -1.66. The van der Waals surface area contributed by atoms with E-state index < -0.39 is 20.7 Å². The Kier molecular flexibility index (Phi) is 3.73. The highest BCUT2D eigenvalue weighted by molar-refractivity contribution is 7.92. The minimum Gasteiger partial charge on any atom is -0.279 e. The third kappa shape index (κ3) is 3.21. The molecule has 0 spiro atoms. The highest BCUT2D eigenvalue weighted by atomic mass is 35.5. The molecule has 1 N–H and O–H groups in total. The molecular formula is C12H10ClFN2O2S. The zero-order chi connectivity index (χ0) is 14.0. The van der Waals surface area contributed by atoms with Gasteiger partial charge in [0.05, 0.1) is 5.69 Å². The van der Waals surface area contributed by atoms with E-state index in [9.17, 15) is 12.8 Å². The predicted octanol–water partition coefficient (Wildman–Crippen LogP) is 2.98. The summed E-state index contributed by atoms with van der Waals surface area (Å²) in [5, 5.41) is 0.143. The summed E-state index contributed by atoms with van der Waals surface area (Å²) in [7, 11) is -3.99. The van der Waals surface area contributed by atoms with Gasteiger partial charge in [-0.1, -0.05) is 17.7 Å². The summed E-state index contributed by atoms with van der Waals surface area (Å²) >= 11 is 5.66. The van der Waals surface area contributed by atoms with Gasteiger partial charge >= 0.3 is 0 Å². The van der Waals surface area contributed by atoms with Crippen LogP contribution in [0.2, 0.25) is 5.15 Å². The van der Waals surface area contributed by atoms with Crippen LogP contribution in [0, 0.1) is 12.7 Å². The van der Waals surface area contributed by atoms with Crippen molar-refractivity contribution in [2.45, 2.75) is 11.8 Å². The molecule has 19 heavy (non-hydrogen) atoms. The molecule has 0 aliphatic rings. The van der Waals surface area contributed by atoms with Crippen molar-refractivity contribution < 1.29 is 12.8 Å². The first-order valence-corrected chi connectivity index (χ1v) is 7.15. The van der Waals surface area contributed by atoms with E-state index in [0.29, 0.717) is 5.56 Å². The molecule has 1 aromatic carbocycles. The third-order valence-corrected chi connectivity index (χ3v) is 3.96. The lowest BCUT2D eigenvalue weighted by Crippen LogP contribution is -2.14. The summed E-state index contributed by atoms with van der Waals surface area (Å²) in [5.41, 5.74) is 0.871. The van der Waals surface area contributed by atoms with Crippen molar-refractivity contribution in [3.05, 3.63) is 53.1 Å². The number of benzene rings is 1. The topological polar surface area (TPSA) is 59.1 Å². The lowest BCUT2D eigenvalue weighted by Gasteiger charge is -2.09. The number of halogens is 2. The van der Waals surface area contributed by atoms with Gasteiger partial charge in [-0.25, -0.2) is 17.8 Å². The highest BCUT2D eigenvalue weighted by Crippen LogP contribution is 2.21. The van der Waals surface area contributed by atoms with Crippen molar-refractivity contribution in [1.29, 1.82) is 0 Å². The second-order valence-corrected chi connectivity index (χ2v) is 5.94. The molecule has 0 aliphatic carbocycles. The normalized spacial score (nSPS) is 11.3. The smallest absolute Gasteiger partial charge is 0.264 e. The third-order valence-electron chi connectivity index (χ3n) is 2.36. The summed E-state index contributed by atoms with van der Waals surface area (Å²) in [6.07, 6.45) is 1.35. The van der Waals surface area contributed by atoms with E-state index in [-0.39, 0.29) is 10.8 Å². The van der Waals surface area contributed by atoms with Gasteiger partial charge < -0.3 is 0 Å². The largest absolute Gasteiger partial charge is 0.279 e. The lowest BCUT2D eigenvalue weighted by molar-refractivity contribution is 0.570. The molecule has 0 saturated carbocycles. The van der Waals surface area contributed by atoms with Crippen molar-refractivity contribution in [3.63, 3.8) is 0 Å². The fraction of sp³-hybridized carbons (Fsp3) is 0.0833. The van der Waals surface area contributed by atoms with E-state index in [1.165, 1.54) is 30.5 Å². The van der Waals surface area contributed by atoms with Gasteiger partial charge in [0, 0.05) is 6.20 Å². The van der Waals surface area contributed by atoms with Crippen molar-refractivity contribution in [1.82, 2.24) is 4.98 Å². The first-order valence-electron chi connectivity index (χ1n) is 5.29. The number of pyridine rings is 1. The summed E-state index contributed by atoms with van der Waals surface area (Å²) in [6, 6.07) is 6.64. The number of nitrogens with zero attached hydrogens (tertiary/aromatic N) is 1. The van der Waals surface area contributed by atoms with Crippen LogP contribution in [0.15, 0.2) is 41.4 Å². The quantitative estimate of drug-likeness (QED) is 0.887. The van der Waals surface area contributed by atoms with Crippen LogP contribution in [0.5, 0.6) is 0 Å². The molecule has 1 aromatic heterocycles. The molecule has 1 heterocycles. The van der Waals surface area contributed by atoms with Gasteiger partial charge in [-0.15, -0.1) is 0 Å². The molecule has 2 rings (SSSR count). The summed E-state index contributed by atoms with van der Waals surface area (Å²) in [6.45, 7) is 1.68. The van der Waals surface area contributed by atoms with Gasteiger partial charge in [0.2, 0.25) is 0 Å². The molecule has 2 aromatic rings. The molecule has 0 saturated heterocycles. The number of hydrogen-bond donors (Lipinski definition) is 1. The fourth-order valence-corrected chi connectivity index (χ4v) is 2.88. The average molecular weight is 301 g/mol. The minimum absolute atomic E-state index is 0.143. The molecule has 0 radical (unpaired) electrons. The summed E-state index contributed by atoms with van der Waals surface area (Å²) in [4.78, 5) is 3.33. The molecule has 0 fully saturated rings. The SMILES string of the molecule is Cc1ccc(F)c(S(=O)(=O)Nc2ccnc(Cl)c2)c1. The summed E-state index contributed by atoms with van der Waals surface area (Å²) < 4.78 is 40.0. The molecule has 100 valence electrons. The number of aryl methyl sites for hydroxylation is 1. The standard InChI is InChI=1S/C12H10ClFN2O2S/c1-8-2-3-10(14)11(6-8)19(17,18)16-9-4-5-15-12(13)7-9/h2-7H,1H3,(H,15,16). The Bertz CT molecular complexity index is 719. The highest BCUT2D eigenvalue weighted by Gasteiger charge is 2.19. The predicted molar refractivity (Wildman–Crippen MR) is 71.2 cm³/mol. The van der Waals surface area contributed by atoms with Crippen LogP contribution in [0.1, 0.15) is 5.56 Å². The van der Waals surface area contributed by atoms with E-state index in [1.54, 1.807) is 6.92 Å². The maximum atomic E-state index is 13.6. The number of nitrogens with one attached hydrogen (secondary N) is 1. The molecule has 0 bridgehead atoms. The number of aromatic nitrogens is 1. The van der Waals surface area contributed by atoms with E-state index in [4.69, 9.17) is 11.6 Å². The van der Waals surface area contributed by atoms with Crippen LogP contribution in [0.25, 0.3) is 0 Å². The van der Waals surface area contributed by atoms with Crippen molar-refractivity contribution in [2.24, 2.45) is 0 Å². The average Bonchev–Trinajstić information content (AvgIpc) is 2.31. The molecule has 0 amide bonds. The molecular weight excluding hydrogens is 291 g/mol. The molecule has 4 nitrogen and oxygen atoms in total. The Labute approximate surface area is 115 Å². The van der Waals surface area contributed by atoms with Crippen LogP contribution >= 0.6 is 11.6 Å². The molecule has 0 aliphatic heterocycles. The van der Waals surface area contributed by atoms with Crippen LogP contribution in [-0.4, -0.2) is 13.4 Å². The maximum absolute atomic E-state index is 13.6. The van der Waals surface area contributed by atoms with Crippen LogP contribution in [-0.2, 0) is 10.0 Å². The van der Waals surface area contributed by atoms with E-state index >= 15 is 0 Å². The lowest BCUT2D eigenvalue weighted by atomic mass is 10.2. The first-order chi connectivity index (χ1) is 8.88. The molecule has 0 unspecified atom stereocenters. The molecule has 7 heteroatoms. The van der Waals surface area contributed by atoms with Gasteiger partial charge in [-0.05, 0) is 36.8 Å². The maximum Gasteiger partial charge on any atom is 0.264 e. The number of anilines is 1. The second-order valence-electron chi connectivity index (χ2n) is 3.91. The zero-order valence-corrected chi connectivity index (χ0v) is 11.5. The fourth-order valence-electron chi connectivity index (χ4n) is 1.49. The van der Waals surface area contributed by atoms with Crippen LogP contribution in [0.4, 0.5) is 10.1 Å². The Morgan fingerprint density at radius 3 is 2.68 bits per heavy atom. The zero-order valence-electron chi connectivity index (χ0n) is 9.89. The second kappa shape index (κ2) is 5.14. The van der Waals surface area contributed by atoms with E-state index in [0.717, 1.165) is 6.07 Å². The van der Waals surface area contributed by atoms with Gasteiger partial charge in [0.1, 0.15) is 15.9 Å². The monoisotopic (exact) mass is 300 g/mol. The van der Waals surface area contributed by atoms with Crippen molar-refractivity contribution in [3.8, 4) is 0 Å². The summed E-state index contributed by atoms with van der Waals surface area (Å²) in [5.74, 6) is -0.807. The Balaban J connectivity index is 2.40.